The molecule has 0 aromatic heterocycles. The number of allylic oxidation sites excluding steroid dienone is 3. The summed E-state index contributed by atoms with van der Waals surface area (Å²) < 4.78 is 0. The third kappa shape index (κ3) is 11.6. The molecule has 1 nitrogen and oxygen atoms in total. The minimum atomic E-state index is -0.160. The minimum Gasteiger partial charge on any atom is -0.811 e. The van der Waals surface area contributed by atoms with Gasteiger partial charge in [0.1, 0.15) is 0 Å². The van der Waals surface area contributed by atoms with Gasteiger partial charge in [0.2, 0.25) is 0 Å². The Morgan fingerprint density at radius 2 is 1.18 bits per heavy atom. The van der Waals surface area contributed by atoms with Crippen LogP contribution in [0, 0.1) is 12.0 Å². The quantitative estimate of drug-likeness (QED) is 0.112. The van der Waals surface area contributed by atoms with Gasteiger partial charge in [-0.1, -0.05) is 60.5 Å². The van der Waals surface area contributed by atoms with Gasteiger partial charge in [0.05, 0.1) is 0 Å². The van der Waals surface area contributed by atoms with Crippen molar-refractivity contribution in [2.75, 3.05) is 0 Å². The number of hydrogen-bond donors (Lipinski definition) is 0. The molecule has 0 bridgehead atoms. The van der Waals surface area contributed by atoms with Crippen molar-refractivity contribution in [3.05, 3.63) is 156 Å². The van der Waals surface area contributed by atoms with Crippen molar-refractivity contribution >= 4 is 11.3 Å². The van der Waals surface area contributed by atoms with E-state index in [-0.39, 0.29) is 32.1 Å². The van der Waals surface area contributed by atoms with E-state index in [0.717, 1.165) is 16.7 Å². The van der Waals surface area contributed by atoms with Crippen LogP contribution in [0.25, 0.3) is 11.0 Å². The summed E-state index contributed by atoms with van der Waals surface area (Å²) in [5.74, 6) is -0.160. The molecule has 0 amide bonds. The van der Waals surface area contributed by atoms with Gasteiger partial charge in [-0.25, -0.2) is 24.3 Å². The summed E-state index contributed by atoms with van der Waals surface area (Å²) in [6.07, 6.45) is 5.55. The fourth-order valence-electron chi connectivity index (χ4n) is 3.01. The molecule has 4 rings (SSSR count). The van der Waals surface area contributed by atoms with Gasteiger partial charge in [-0.3, -0.25) is 0 Å². The third-order valence-electron chi connectivity index (χ3n) is 4.51. The van der Waals surface area contributed by atoms with Crippen molar-refractivity contribution in [2.24, 2.45) is 5.92 Å². The monoisotopic (exact) mass is 507 g/mol. The Bertz CT molecular complexity index is 976. The van der Waals surface area contributed by atoms with Crippen LogP contribution in [0.2, 0.25) is 0 Å². The summed E-state index contributed by atoms with van der Waals surface area (Å²) in [7, 11) is 0. The number of hydrogen-bond acceptors (Lipinski definition) is 0. The fraction of sp³-hybridized carbons (Fsp3) is 0.129. The van der Waals surface area contributed by atoms with Gasteiger partial charge in [0, 0.05) is 26.2 Å². The second-order valence-electron chi connectivity index (χ2n) is 7.56. The molecule has 0 aliphatic rings. The molecule has 0 spiro atoms. The smallest absolute Gasteiger partial charge is 0 e. The van der Waals surface area contributed by atoms with Crippen molar-refractivity contribution in [3.8, 4) is 0 Å². The van der Waals surface area contributed by atoms with E-state index in [1.165, 1.54) is 5.57 Å². The maximum atomic E-state index is 10.2. The molecule has 33 heavy (non-hydrogen) atoms. The van der Waals surface area contributed by atoms with E-state index in [2.05, 4.69) is 24.3 Å². The van der Waals surface area contributed by atoms with Crippen molar-refractivity contribution in [2.45, 2.75) is 20.8 Å². The van der Waals surface area contributed by atoms with E-state index in [1.807, 2.05) is 123 Å². The van der Waals surface area contributed by atoms with E-state index in [9.17, 15) is 5.41 Å². The first-order chi connectivity index (χ1) is 15.6. The first-order valence-electron chi connectivity index (χ1n) is 10.8. The van der Waals surface area contributed by atoms with Crippen molar-refractivity contribution in [3.63, 3.8) is 0 Å². The van der Waals surface area contributed by atoms with Crippen LogP contribution in [0.15, 0.2) is 133 Å². The third-order valence-corrected chi connectivity index (χ3v) is 4.51. The standard InChI is InChI=1S/C21H21N.2C5H5.Zr/c1-16(2)14-20(17(3)22)21(19-12-8-5-9-13-19)15-18-10-6-4-7-11-18;2*1-2-4-5-3-1;/h4-14,20H,1-3H3;2*1-5H;/q-2;2*-1;. The number of benzene rings is 2. The van der Waals surface area contributed by atoms with Crippen LogP contribution in [0.3, 0.4) is 0 Å². The first kappa shape index (κ1) is 28.2. The summed E-state index contributed by atoms with van der Waals surface area (Å²) in [5, 5.41) is 10.2. The van der Waals surface area contributed by atoms with Gasteiger partial charge in [0.15, 0.2) is 0 Å². The maximum Gasteiger partial charge on any atom is 0 e. The molecule has 0 radical (unpaired) electrons. The molecule has 1 unspecified atom stereocenters. The molecular weight excluding hydrogens is 478 g/mol. The zero-order valence-electron chi connectivity index (χ0n) is 19.6. The van der Waals surface area contributed by atoms with Crippen molar-refractivity contribution < 1.29 is 26.2 Å². The second-order valence-corrected chi connectivity index (χ2v) is 7.56. The molecule has 0 aliphatic heterocycles. The summed E-state index contributed by atoms with van der Waals surface area (Å²) in [5.41, 5.74) is 4.61. The molecule has 4 aromatic rings. The molecule has 0 fully saturated rings. The van der Waals surface area contributed by atoms with Crippen LogP contribution in [-0.2, 0) is 26.2 Å². The molecule has 1 atom stereocenters. The SMILES string of the molecule is CC(=[N-])C(C=C(C)C)C(=[C-]c1ccccc1)c1ccccc1.[Zr].c1cc[cH-]c1.c1cc[cH-]c1. The number of rotatable bonds is 5. The van der Waals surface area contributed by atoms with E-state index in [0.29, 0.717) is 5.71 Å². The molecule has 0 aliphatic carbocycles. The zero-order chi connectivity index (χ0) is 23.0. The van der Waals surface area contributed by atoms with E-state index < -0.39 is 0 Å². The Morgan fingerprint density at radius 1 is 0.727 bits per heavy atom. The summed E-state index contributed by atoms with van der Waals surface area (Å²) >= 11 is 0. The van der Waals surface area contributed by atoms with Gasteiger partial charge in [0.25, 0.3) is 0 Å². The molecule has 4 aromatic carbocycles. The predicted molar refractivity (Wildman–Crippen MR) is 140 cm³/mol. The minimum absolute atomic E-state index is 0. The summed E-state index contributed by atoms with van der Waals surface area (Å²) in [6, 6.07) is 40.2. The van der Waals surface area contributed by atoms with E-state index >= 15 is 0 Å². The van der Waals surface area contributed by atoms with Crippen LogP contribution in [0.1, 0.15) is 31.9 Å². The number of nitrogens with zero attached hydrogens (tertiary/aromatic N) is 1. The topological polar surface area (TPSA) is 22.3 Å². The summed E-state index contributed by atoms with van der Waals surface area (Å²) in [6.45, 7) is 5.84. The first-order valence-corrected chi connectivity index (χ1v) is 10.8. The Balaban J connectivity index is 0.000000404. The van der Waals surface area contributed by atoms with Crippen LogP contribution < -0.4 is 0 Å². The molecule has 0 saturated heterocycles. The molecule has 168 valence electrons. The van der Waals surface area contributed by atoms with E-state index in [1.54, 1.807) is 6.92 Å². The summed E-state index contributed by atoms with van der Waals surface area (Å²) in [4.78, 5) is 0. The zero-order valence-corrected chi connectivity index (χ0v) is 22.1. The van der Waals surface area contributed by atoms with Crippen LogP contribution >= 0.6 is 0 Å². The fourth-order valence-corrected chi connectivity index (χ4v) is 3.01. The van der Waals surface area contributed by atoms with Gasteiger partial charge in [-0.05, 0) is 19.8 Å². The van der Waals surface area contributed by atoms with Crippen LogP contribution in [-0.4, -0.2) is 5.71 Å². The van der Waals surface area contributed by atoms with Crippen LogP contribution in [0.4, 0.5) is 0 Å². The van der Waals surface area contributed by atoms with Gasteiger partial charge in [-0.15, -0.1) is 41.5 Å². The molecule has 2 heteroatoms. The van der Waals surface area contributed by atoms with Crippen LogP contribution in [0.5, 0.6) is 0 Å². The Morgan fingerprint density at radius 3 is 1.55 bits per heavy atom. The van der Waals surface area contributed by atoms with Gasteiger partial charge >= 0.3 is 0 Å². The largest absolute Gasteiger partial charge is 0.811 e. The Kier molecular flexibility index (Phi) is 14.3. The molecule has 0 N–H and O–H groups in total. The Hall–Kier alpha value is -2.83. The molecular formula is C31H31NZr-4. The van der Waals surface area contributed by atoms with Crippen molar-refractivity contribution in [1.82, 2.24) is 0 Å². The molecule has 0 saturated carbocycles. The van der Waals surface area contributed by atoms with Crippen molar-refractivity contribution in [1.29, 1.82) is 0 Å². The Labute approximate surface area is 218 Å². The van der Waals surface area contributed by atoms with Gasteiger partial charge in [-0.2, -0.15) is 42.1 Å². The van der Waals surface area contributed by atoms with E-state index in [4.69, 9.17) is 0 Å². The van der Waals surface area contributed by atoms with Gasteiger partial charge < -0.3 is 5.41 Å². The predicted octanol–water partition coefficient (Wildman–Crippen LogP) is 8.34. The normalized spacial score (nSPS) is 10.8. The average Bonchev–Trinajstić information content (AvgIpc) is 3.56. The average molecular weight is 509 g/mol. The second kappa shape index (κ2) is 16.8. The molecule has 0 heterocycles. The maximum absolute atomic E-state index is 10.2.